The Bertz CT molecular complexity index is 1100. The molecule has 1 amide bonds. The van der Waals surface area contributed by atoms with Crippen LogP contribution >= 0.6 is 0 Å². The molecule has 1 spiro atoms. The predicted molar refractivity (Wildman–Crippen MR) is 120 cm³/mol. The summed E-state index contributed by atoms with van der Waals surface area (Å²) in [5.74, 6) is -0.111. The third kappa shape index (κ3) is 3.77. The van der Waals surface area contributed by atoms with Crippen LogP contribution in [0.5, 0.6) is 0 Å². The SMILES string of the molecule is CC(C)NC(=O)c1nn(C)c2c1COC1(CCN(Cc3cccc4[nH]ccc34)CC1)C2. The number of fused-ring (bicyclic) bond motifs is 2. The molecule has 164 valence electrons. The van der Waals surface area contributed by atoms with E-state index in [1.54, 1.807) is 0 Å². The third-order valence-electron chi connectivity index (χ3n) is 6.77. The Hall–Kier alpha value is -2.64. The van der Waals surface area contributed by atoms with Crippen LogP contribution in [0.4, 0.5) is 0 Å². The molecule has 1 fully saturated rings. The van der Waals surface area contributed by atoms with Crippen molar-refractivity contribution in [2.24, 2.45) is 7.05 Å². The number of aromatic amines is 1. The first-order chi connectivity index (χ1) is 14.9. The molecular weight excluding hydrogens is 390 g/mol. The number of amides is 1. The number of rotatable bonds is 4. The van der Waals surface area contributed by atoms with E-state index in [2.05, 4.69) is 44.6 Å². The Balaban J connectivity index is 1.27. The maximum absolute atomic E-state index is 12.5. The molecule has 0 aliphatic carbocycles. The number of aromatic nitrogens is 3. The van der Waals surface area contributed by atoms with E-state index in [0.717, 1.165) is 50.2 Å². The van der Waals surface area contributed by atoms with Crippen molar-refractivity contribution in [2.75, 3.05) is 13.1 Å². The molecule has 2 aromatic heterocycles. The first kappa shape index (κ1) is 20.3. The Morgan fingerprint density at radius 3 is 2.87 bits per heavy atom. The summed E-state index contributed by atoms with van der Waals surface area (Å²) in [5, 5.41) is 8.79. The van der Waals surface area contributed by atoms with Crippen LogP contribution in [-0.2, 0) is 31.4 Å². The first-order valence-corrected chi connectivity index (χ1v) is 11.2. The maximum Gasteiger partial charge on any atom is 0.272 e. The van der Waals surface area contributed by atoms with E-state index in [4.69, 9.17) is 4.74 Å². The van der Waals surface area contributed by atoms with Crippen LogP contribution in [0, 0.1) is 0 Å². The number of nitrogens with zero attached hydrogens (tertiary/aromatic N) is 3. The molecule has 2 N–H and O–H groups in total. The van der Waals surface area contributed by atoms with Crippen LogP contribution in [-0.4, -0.2) is 50.3 Å². The average Bonchev–Trinajstić information content (AvgIpc) is 3.35. The highest BCUT2D eigenvalue weighted by atomic mass is 16.5. The monoisotopic (exact) mass is 421 g/mol. The van der Waals surface area contributed by atoms with E-state index in [1.807, 2.05) is 31.8 Å². The molecule has 0 radical (unpaired) electrons. The highest BCUT2D eigenvalue weighted by Crippen LogP contribution is 2.37. The zero-order chi connectivity index (χ0) is 21.6. The molecule has 2 aliphatic rings. The molecule has 5 rings (SSSR count). The number of piperidine rings is 1. The Kier molecular flexibility index (Phi) is 5.10. The zero-order valence-electron chi connectivity index (χ0n) is 18.6. The lowest BCUT2D eigenvalue weighted by molar-refractivity contribution is -0.104. The first-order valence-electron chi connectivity index (χ1n) is 11.2. The summed E-state index contributed by atoms with van der Waals surface area (Å²) >= 11 is 0. The molecule has 0 atom stereocenters. The van der Waals surface area contributed by atoms with Crippen LogP contribution in [0.15, 0.2) is 30.5 Å². The Morgan fingerprint density at radius 1 is 1.29 bits per heavy atom. The molecule has 31 heavy (non-hydrogen) atoms. The van der Waals surface area contributed by atoms with Crippen LogP contribution < -0.4 is 5.32 Å². The van der Waals surface area contributed by atoms with E-state index in [9.17, 15) is 4.79 Å². The van der Waals surface area contributed by atoms with Gasteiger partial charge in [-0.3, -0.25) is 14.4 Å². The standard InChI is InChI=1S/C24H31N5O2/c1-16(2)26-23(30)22-19-15-31-24(13-21(19)28(3)27-22)8-11-29(12-9-24)14-17-5-4-6-20-18(17)7-10-25-20/h4-7,10,16,25H,8-9,11-15H2,1-3H3,(H,26,30). The summed E-state index contributed by atoms with van der Waals surface area (Å²) in [4.78, 5) is 18.4. The molecule has 1 saturated heterocycles. The number of benzene rings is 1. The highest BCUT2D eigenvalue weighted by molar-refractivity contribution is 5.94. The quantitative estimate of drug-likeness (QED) is 0.679. The summed E-state index contributed by atoms with van der Waals surface area (Å²) in [7, 11) is 1.94. The fraction of sp³-hybridized carbons (Fsp3) is 0.500. The zero-order valence-corrected chi connectivity index (χ0v) is 18.6. The van der Waals surface area contributed by atoms with Crippen molar-refractivity contribution >= 4 is 16.8 Å². The molecule has 7 nitrogen and oxygen atoms in total. The number of aryl methyl sites for hydroxylation is 1. The van der Waals surface area contributed by atoms with Gasteiger partial charge in [0, 0.05) is 67.5 Å². The molecule has 0 saturated carbocycles. The van der Waals surface area contributed by atoms with Gasteiger partial charge in [-0.2, -0.15) is 5.10 Å². The molecular formula is C24H31N5O2. The molecule has 4 heterocycles. The molecule has 0 unspecified atom stereocenters. The number of nitrogens with one attached hydrogen (secondary N) is 2. The van der Waals surface area contributed by atoms with Gasteiger partial charge < -0.3 is 15.0 Å². The minimum Gasteiger partial charge on any atom is -0.370 e. The number of likely N-dealkylation sites (tertiary alicyclic amines) is 1. The van der Waals surface area contributed by atoms with Crippen LogP contribution in [0.25, 0.3) is 10.9 Å². The van der Waals surface area contributed by atoms with Gasteiger partial charge in [0.2, 0.25) is 0 Å². The second kappa shape index (κ2) is 7.80. The van der Waals surface area contributed by atoms with E-state index >= 15 is 0 Å². The summed E-state index contributed by atoms with van der Waals surface area (Å²) in [5.41, 5.74) is 5.02. The van der Waals surface area contributed by atoms with Gasteiger partial charge in [-0.1, -0.05) is 12.1 Å². The number of H-pyrrole nitrogens is 1. The smallest absolute Gasteiger partial charge is 0.272 e. The van der Waals surface area contributed by atoms with E-state index in [0.29, 0.717) is 12.3 Å². The Morgan fingerprint density at radius 2 is 2.10 bits per heavy atom. The summed E-state index contributed by atoms with van der Waals surface area (Å²) < 4.78 is 8.32. The minimum absolute atomic E-state index is 0.0856. The lowest BCUT2D eigenvalue weighted by atomic mass is 9.83. The second-order valence-corrected chi connectivity index (χ2v) is 9.31. The van der Waals surface area contributed by atoms with Crippen molar-refractivity contribution in [1.82, 2.24) is 25.0 Å². The Labute approximate surface area is 182 Å². The van der Waals surface area contributed by atoms with E-state index < -0.39 is 0 Å². The van der Waals surface area contributed by atoms with Crippen LogP contribution in [0.1, 0.15) is 54.0 Å². The molecule has 7 heteroatoms. The van der Waals surface area contributed by atoms with Gasteiger partial charge in [0.1, 0.15) is 0 Å². The second-order valence-electron chi connectivity index (χ2n) is 9.31. The van der Waals surface area contributed by atoms with E-state index in [1.165, 1.54) is 16.5 Å². The number of carbonyl (C=O) groups is 1. The van der Waals surface area contributed by atoms with Crippen molar-refractivity contribution in [3.05, 3.63) is 53.0 Å². The van der Waals surface area contributed by atoms with Crippen LogP contribution in [0.3, 0.4) is 0 Å². The maximum atomic E-state index is 12.5. The number of hydrogen-bond donors (Lipinski definition) is 2. The number of carbonyl (C=O) groups excluding carboxylic acids is 1. The molecule has 2 aliphatic heterocycles. The topological polar surface area (TPSA) is 75.2 Å². The van der Waals surface area contributed by atoms with Crippen molar-refractivity contribution in [1.29, 1.82) is 0 Å². The minimum atomic E-state index is -0.150. The molecule has 3 aromatic rings. The largest absolute Gasteiger partial charge is 0.370 e. The highest BCUT2D eigenvalue weighted by Gasteiger charge is 2.41. The lowest BCUT2D eigenvalue weighted by Gasteiger charge is -2.44. The number of hydrogen-bond acceptors (Lipinski definition) is 4. The molecule has 0 bridgehead atoms. The third-order valence-corrected chi connectivity index (χ3v) is 6.77. The van der Waals surface area contributed by atoms with E-state index in [-0.39, 0.29) is 17.6 Å². The van der Waals surface area contributed by atoms with Gasteiger partial charge in [0.05, 0.1) is 12.2 Å². The van der Waals surface area contributed by atoms with Crippen molar-refractivity contribution in [3.63, 3.8) is 0 Å². The van der Waals surface area contributed by atoms with Gasteiger partial charge in [0.15, 0.2) is 5.69 Å². The van der Waals surface area contributed by atoms with Gasteiger partial charge in [-0.25, -0.2) is 0 Å². The fourth-order valence-electron chi connectivity index (χ4n) is 5.04. The van der Waals surface area contributed by atoms with Gasteiger partial charge >= 0.3 is 0 Å². The van der Waals surface area contributed by atoms with Gasteiger partial charge in [-0.15, -0.1) is 0 Å². The van der Waals surface area contributed by atoms with Crippen molar-refractivity contribution in [3.8, 4) is 0 Å². The average molecular weight is 422 g/mol. The predicted octanol–water partition coefficient (Wildman–Crippen LogP) is 3.15. The van der Waals surface area contributed by atoms with Gasteiger partial charge in [0.25, 0.3) is 5.91 Å². The normalized spacial score (nSPS) is 18.6. The summed E-state index contributed by atoms with van der Waals surface area (Å²) in [6.07, 6.45) is 4.82. The van der Waals surface area contributed by atoms with Crippen molar-refractivity contribution < 1.29 is 9.53 Å². The summed E-state index contributed by atoms with van der Waals surface area (Å²) in [6, 6.07) is 8.73. The summed E-state index contributed by atoms with van der Waals surface area (Å²) in [6.45, 7) is 7.37. The van der Waals surface area contributed by atoms with Crippen molar-refractivity contribution in [2.45, 2.75) is 57.9 Å². The fourth-order valence-corrected chi connectivity index (χ4v) is 5.04. The molecule has 1 aromatic carbocycles. The van der Waals surface area contributed by atoms with Gasteiger partial charge in [-0.05, 0) is 44.4 Å². The lowest BCUT2D eigenvalue weighted by Crippen LogP contribution is -2.49. The number of ether oxygens (including phenoxy) is 1. The van der Waals surface area contributed by atoms with Crippen LogP contribution in [0.2, 0.25) is 0 Å².